The lowest BCUT2D eigenvalue weighted by Crippen LogP contribution is -2.11. The average Bonchev–Trinajstić information content (AvgIpc) is 2.53. The van der Waals surface area contributed by atoms with Crippen LogP contribution in [-0.4, -0.2) is 9.97 Å². The average molecular weight is 263 g/mol. The Morgan fingerprint density at radius 1 is 0.950 bits per heavy atom. The first-order chi connectivity index (χ1) is 9.83. The van der Waals surface area contributed by atoms with Gasteiger partial charge in [0.15, 0.2) is 0 Å². The van der Waals surface area contributed by atoms with Crippen molar-refractivity contribution in [3.8, 4) is 0 Å². The van der Waals surface area contributed by atoms with Gasteiger partial charge in [-0.2, -0.15) is 0 Å². The van der Waals surface area contributed by atoms with E-state index in [4.69, 9.17) is 5.73 Å². The Labute approximate surface area is 118 Å². The molecule has 0 fully saturated rings. The lowest BCUT2D eigenvalue weighted by molar-refractivity contribution is 0.644. The van der Waals surface area contributed by atoms with Gasteiger partial charge in [0.05, 0.1) is 5.52 Å². The van der Waals surface area contributed by atoms with Crippen LogP contribution in [0.2, 0.25) is 0 Å². The van der Waals surface area contributed by atoms with Gasteiger partial charge >= 0.3 is 0 Å². The summed E-state index contributed by atoms with van der Waals surface area (Å²) in [7, 11) is 0. The van der Waals surface area contributed by atoms with Crippen molar-refractivity contribution >= 4 is 10.9 Å². The summed E-state index contributed by atoms with van der Waals surface area (Å²) in [6.07, 6.45) is 5.42. The molecule has 1 unspecified atom stereocenters. The molecule has 2 heterocycles. The van der Waals surface area contributed by atoms with Crippen LogP contribution in [0.1, 0.15) is 23.7 Å². The monoisotopic (exact) mass is 263 g/mol. The molecule has 20 heavy (non-hydrogen) atoms. The topological polar surface area (TPSA) is 51.8 Å². The molecule has 3 heteroatoms. The second-order valence-electron chi connectivity index (χ2n) is 4.92. The van der Waals surface area contributed by atoms with Crippen molar-refractivity contribution in [2.45, 2.75) is 18.9 Å². The summed E-state index contributed by atoms with van der Waals surface area (Å²) in [6, 6.07) is 16.3. The van der Waals surface area contributed by atoms with Crippen LogP contribution >= 0.6 is 0 Å². The number of benzene rings is 1. The van der Waals surface area contributed by atoms with Crippen LogP contribution in [-0.2, 0) is 6.42 Å². The third-order valence-electron chi connectivity index (χ3n) is 3.49. The minimum absolute atomic E-state index is 0.0293. The summed E-state index contributed by atoms with van der Waals surface area (Å²) in [5.74, 6) is 0. The SMILES string of the molecule is NC(CCc1ccccn1)c1ccc2ncccc2c1. The van der Waals surface area contributed by atoms with Crippen LogP contribution in [0.15, 0.2) is 60.9 Å². The third-order valence-corrected chi connectivity index (χ3v) is 3.49. The maximum absolute atomic E-state index is 6.29. The molecule has 100 valence electrons. The van der Waals surface area contributed by atoms with Gasteiger partial charge in [0.25, 0.3) is 0 Å². The van der Waals surface area contributed by atoms with Gasteiger partial charge in [-0.1, -0.05) is 18.2 Å². The molecule has 0 aliphatic carbocycles. The van der Waals surface area contributed by atoms with E-state index >= 15 is 0 Å². The van der Waals surface area contributed by atoms with Gasteiger partial charge in [0.2, 0.25) is 0 Å². The summed E-state index contributed by atoms with van der Waals surface area (Å²) in [6.45, 7) is 0. The van der Waals surface area contributed by atoms with Gasteiger partial charge < -0.3 is 5.73 Å². The molecule has 2 N–H and O–H groups in total. The Bertz CT molecular complexity index is 695. The van der Waals surface area contributed by atoms with Crippen LogP contribution in [0, 0.1) is 0 Å². The fourth-order valence-corrected chi connectivity index (χ4v) is 2.34. The predicted octanol–water partition coefficient (Wildman–Crippen LogP) is 3.26. The van der Waals surface area contributed by atoms with E-state index in [1.165, 1.54) is 0 Å². The van der Waals surface area contributed by atoms with Crippen LogP contribution in [0.4, 0.5) is 0 Å². The van der Waals surface area contributed by atoms with E-state index in [-0.39, 0.29) is 6.04 Å². The Morgan fingerprint density at radius 3 is 2.70 bits per heavy atom. The largest absolute Gasteiger partial charge is 0.324 e. The first kappa shape index (κ1) is 12.8. The fourth-order valence-electron chi connectivity index (χ4n) is 2.34. The molecule has 0 spiro atoms. The van der Waals surface area contributed by atoms with E-state index < -0.39 is 0 Å². The molecule has 0 saturated heterocycles. The van der Waals surface area contributed by atoms with Gasteiger partial charge in [-0.25, -0.2) is 0 Å². The number of hydrogen-bond acceptors (Lipinski definition) is 3. The van der Waals surface area contributed by atoms with Gasteiger partial charge in [0.1, 0.15) is 0 Å². The second-order valence-corrected chi connectivity index (χ2v) is 4.92. The number of hydrogen-bond donors (Lipinski definition) is 1. The quantitative estimate of drug-likeness (QED) is 0.786. The standard InChI is InChI=1S/C17H17N3/c18-16(8-7-15-5-1-2-10-19-15)13-6-9-17-14(12-13)4-3-11-20-17/h1-6,9-12,16H,7-8,18H2. The van der Waals surface area contributed by atoms with E-state index in [1.54, 1.807) is 0 Å². The van der Waals surface area contributed by atoms with Gasteiger partial charge in [-0.3, -0.25) is 9.97 Å². The highest BCUT2D eigenvalue weighted by Crippen LogP contribution is 2.20. The van der Waals surface area contributed by atoms with Crippen LogP contribution in [0.25, 0.3) is 10.9 Å². The maximum atomic E-state index is 6.29. The molecule has 3 nitrogen and oxygen atoms in total. The van der Waals surface area contributed by atoms with Crippen LogP contribution in [0.3, 0.4) is 0 Å². The first-order valence-corrected chi connectivity index (χ1v) is 6.83. The summed E-state index contributed by atoms with van der Waals surface area (Å²) in [4.78, 5) is 8.65. The highest BCUT2D eigenvalue weighted by atomic mass is 14.7. The molecular formula is C17H17N3. The summed E-state index contributed by atoms with van der Waals surface area (Å²) in [5, 5.41) is 1.14. The highest BCUT2D eigenvalue weighted by Gasteiger charge is 2.07. The molecule has 1 atom stereocenters. The van der Waals surface area contributed by atoms with Crippen molar-refractivity contribution in [3.63, 3.8) is 0 Å². The van der Waals surface area contributed by atoms with E-state index in [0.717, 1.165) is 35.0 Å². The number of aromatic nitrogens is 2. The summed E-state index contributed by atoms with van der Waals surface area (Å²) in [5.41, 5.74) is 9.54. The normalized spacial score (nSPS) is 12.4. The van der Waals surface area contributed by atoms with E-state index in [2.05, 4.69) is 28.2 Å². The number of rotatable bonds is 4. The smallest absolute Gasteiger partial charge is 0.0702 e. The van der Waals surface area contributed by atoms with E-state index in [9.17, 15) is 0 Å². The van der Waals surface area contributed by atoms with E-state index in [1.807, 2.05) is 42.7 Å². The Balaban J connectivity index is 1.73. The van der Waals surface area contributed by atoms with E-state index in [0.29, 0.717) is 0 Å². The van der Waals surface area contributed by atoms with Crippen molar-refractivity contribution < 1.29 is 0 Å². The number of fused-ring (bicyclic) bond motifs is 1. The van der Waals surface area contributed by atoms with Crippen molar-refractivity contribution in [2.24, 2.45) is 5.73 Å². The molecule has 3 aromatic rings. The molecule has 3 rings (SSSR count). The maximum Gasteiger partial charge on any atom is 0.0702 e. The zero-order valence-corrected chi connectivity index (χ0v) is 11.2. The second kappa shape index (κ2) is 5.80. The third kappa shape index (κ3) is 2.83. The van der Waals surface area contributed by atoms with Crippen LogP contribution in [0.5, 0.6) is 0 Å². The molecule has 0 bridgehead atoms. The Morgan fingerprint density at radius 2 is 1.85 bits per heavy atom. The lowest BCUT2D eigenvalue weighted by Gasteiger charge is -2.12. The fraction of sp³-hybridized carbons (Fsp3) is 0.176. The van der Waals surface area contributed by atoms with Gasteiger partial charge in [-0.05, 0) is 48.7 Å². The Hall–Kier alpha value is -2.26. The molecule has 2 aromatic heterocycles. The molecule has 1 aromatic carbocycles. The van der Waals surface area contributed by atoms with Crippen LogP contribution < -0.4 is 5.73 Å². The molecule has 0 radical (unpaired) electrons. The summed E-state index contributed by atoms with van der Waals surface area (Å²) < 4.78 is 0. The van der Waals surface area contributed by atoms with Crippen molar-refractivity contribution in [1.82, 2.24) is 9.97 Å². The van der Waals surface area contributed by atoms with Crippen molar-refractivity contribution in [2.75, 3.05) is 0 Å². The molecular weight excluding hydrogens is 246 g/mol. The minimum Gasteiger partial charge on any atom is -0.324 e. The van der Waals surface area contributed by atoms with Gasteiger partial charge in [0, 0.05) is 29.5 Å². The lowest BCUT2D eigenvalue weighted by atomic mass is 10.00. The zero-order chi connectivity index (χ0) is 13.8. The van der Waals surface area contributed by atoms with Crippen molar-refractivity contribution in [1.29, 1.82) is 0 Å². The minimum atomic E-state index is 0.0293. The molecule has 0 aliphatic rings. The number of pyridine rings is 2. The zero-order valence-electron chi connectivity index (χ0n) is 11.2. The molecule has 0 saturated carbocycles. The predicted molar refractivity (Wildman–Crippen MR) is 81.2 cm³/mol. The molecule has 0 aliphatic heterocycles. The van der Waals surface area contributed by atoms with Gasteiger partial charge in [-0.15, -0.1) is 0 Å². The summed E-state index contributed by atoms with van der Waals surface area (Å²) >= 11 is 0. The number of aryl methyl sites for hydroxylation is 1. The molecule has 0 amide bonds. The van der Waals surface area contributed by atoms with Crippen molar-refractivity contribution in [3.05, 3.63) is 72.2 Å². The number of nitrogens with two attached hydrogens (primary N) is 1. The Kier molecular flexibility index (Phi) is 3.70. The first-order valence-electron chi connectivity index (χ1n) is 6.83. The highest BCUT2D eigenvalue weighted by molar-refractivity contribution is 5.79. The number of nitrogens with zero attached hydrogens (tertiary/aromatic N) is 2.